The molecule has 1 unspecified atom stereocenters. The summed E-state index contributed by atoms with van der Waals surface area (Å²) in [5.74, 6) is 2.50. The third kappa shape index (κ3) is 3.88. The summed E-state index contributed by atoms with van der Waals surface area (Å²) in [4.78, 5) is 18.4. The molecule has 7 nitrogen and oxygen atoms in total. The van der Waals surface area contributed by atoms with Gasteiger partial charge in [0.25, 0.3) is 0 Å². The van der Waals surface area contributed by atoms with Crippen molar-refractivity contribution in [1.82, 2.24) is 24.6 Å². The molecular weight excluding hydrogens is 386 g/mol. The average Bonchev–Trinajstić information content (AvgIpc) is 3.37. The molecule has 0 spiro atoms. The van der Waals surface area contributed by atoms with Crippen molar-refractivity contribution < 1.29 is 4.42 Å². The lowest BCUT2D eigenvalue weighted by Crippen LogP contribution is -2.31. The lowest BCUT2D eigenvalue weighted by atomic mass is 9.99. The first-order valence-corrected chi connectivity index (χ1v) is 9.93. The van der Waals surface area contributed by atoms with Crippen molar-refractivity contribution in [2.75, 3.05) is 13.1 Å². The summed E-state index contributed by atoms with van der Waals surface area (Å²) in [5.41, 5.74) is 0.678. The molecule has 0 saturated carbocycles. The van der Waals surface area contributed by atoms with Gasteiger partial charge in [0.15, 0.2) is 0 Å². The van der Waals surface area contributed by atoms with Crippen LogP contribution < -0.4 is 11.0 Å². The van der Waals surface area contributed by atoms with Crippen LogP contribution in [0.2, 0.25) is 0 Å². The number of halogens is 1. The molecule has 1 saturated heterocycles. The van der Waals surface area contributed by atoms with Crippen molar-refractivity contribution in [2.45, 2.75) is 45.7 Å². The van der Waals surface area contributed by atoms with Gasteiger partial charge in [0.05, 0.1) is 11.4 Å². The van der Waals surface area contributed by atoms with Crippen LogP contribution in [-0.2, 0) is 13.1 Å². The third-order valence-electron chi connectivity index (χ3n) is 4.85. The highest BCUT2D eigenvalue weighted by molar-refractivity contribution is 7.13. The van der Waals surface area contributed by atoms with Gasteiger partial charge >= 0.3 is 5.69 Å². The number of aromatic nitrogens is 4. The Kier molecular flexibility index (Phi) is 6.18. The molecule has 1 fully saturated rings. The molecule has 1 aliphatic heterocycles. The van der Waals surface area contributed by atoms with Crippen molar-refractivity contribution in [2.24, 2.45) is 0 Å². The molecule has 3 aromatic rings. The predicted molar refractivity (Wildman–Crippen MR) is 108 cm³/mol. The summed E-state index contributed by atoms with van der Waals surface area (Å²) >= 11 is 1.59. The number of hydrogen-bond acceptors (Lipinski definition) is 6. The number of nitrogens with zero attached hydrogens (tertiary/aromatic N) is 4. The summed E-state index contributed by atoms with van der Waals surface area (Å²) in [5, 5.41) is 10.1. The van der Waals surface area contributed by atoms with E-state index in [4.69, 9.17) is 4.42 Å². The van der Waals surface area contributed by atoms with E-state index in [1.54, 1.807) is 15.9 Å². The lowest BCUT2D eigenvalue weighted by Gasteiger charge is -2.21. The zero-order chi connectivity index (χ0) is 18.1. The summed E-state index contributed by atoms with van der Waals surface area (Å²) in [6, 6.07) is 3.95. The number of rotatable bonds is 5. The fourth-order valence-electron chi connectivity index (χ4n) is 3.45. The minimum atomic E-state index is -0.0758. The van der Waals surface area contributed by atoms with Gasteiger partial charge in [-0.25, -0.2) is 14.5 Å². The highest BCUT2D eigenvalue weighted by Gasteiger charge is 2.24. The maximum Gasteiger partial charge on any atom is 0.346 e. The van der Waals surface area contributed by atoms with E-state index in [9.17, 15) is 4.79 Å². The van der Waals surface area contributed by atoms with Crippen LogP contribution in [0, 0.1) is 6.92 Å². The Morgan fingerprint density at radius 3 is 2.96 bits per heavy atom. The van der Waals surface area contributed by atoms with Crippen LogP contribution in [0.1, 0.15) is 43.0 Å². The number of nitrogens with one attached hydrogen (secondary N) is 1. The molecule has 4 rings (SSSR count). The Morgan fingerprint density at radius 1 is 1.44 bits per heavy atom. The Labute approximate surface area is 167 Å². The maximum absolute atomic E-state index is 12.8. The van der Waals surface area contributed by atoms with E-state index in [2.05, 4.69) is 15.4 Å². The molecule has 146 valence electrons. The molecule has 9 heteroatoms. The van der Waals surface area contributed by atoms with Gasteiger partial charge in [-0.15, -0.1) is 23.7 Å². The van der Waals surface area contributed by atoms with E-state index in [1.165, 1.54) is 4.68 Å². The molecule has 1 N–H and O–H groups in total. The number of thiophene rings is 1. The van der Waals surface area contributed by atoms with Crippen molar-refractivity contribution in [3.8, 4) is 10.8 Å². The van der Waals surface area contributed by atoms with E-state index < -0.39 is 0 Å². The Balaban J connectivity index is 0.00000210. The molecule has 1 atom stereocenters. The molecule has 0 aliphatic carbocycles. The molecule has 0 amide bonds. The average molecular weight is 410 g/mol. The molecule has 1 aliphatic rings. The molecule has 3 aromatic heterocycles. The van der Waals surface area contributed by atoms with Crippen LogP contribution in [0.3, 0.4) is 0 Å². The van der Waals surface area contributed by atoms with Crippen molar-refractivity contribution in [1.29, 1.82) is 0 Å². The quantitative estimate of drug-likeness (QED) is 0.700. The highest BCUT2D eigenvalue weighted by Crippen LogP contribution is 2.26. The first-order chi connectivity index (χ1) is 12.7. The van der Waals surface area contributed by atoms with Crippen LogP contribution >= 0.6 is 23.7 Å². The van der Waals surface area contributed by atoms with Gasteiger partial charge in [-0.05, 0) is 44.7 Å². The fraction of sp³-hybridized carbons (Fsp3) is 0.500. The molecule has 0 aromatic carbocycles. The lowest BCUT2D eigenvalue weighted by molar-refractivity contribution is 0.431. The van der Waals surface area contributed by atoms with E-state index in [-0.39, 0.29) is 24.0 Å². The Bertz CT molecular complexity index is 938. The van der Waals surface area contributed by atoms with Gasteiger partial charge in [-0.1, -0.05) is 6.07 Å². The SMILES string of the molecule is CCn1c(C2CCCNC2)nn(Cc2nc(-c3cccs3)oc2C)c1=O.Cl. The number of piperidine rings is 1. The van der Waals surface area contributed by atoms with Gasteiger partial charge in [0.1, 0.15) is 17.3 Å². The first kappa shape index (κ1) is 19.9. The van der Waals surface area contributed by atoms with Crippen molar-refractivity contribution in [3.63, 3.8) is 0 Å². The molecule has 0 radical (unpaired) electrons. The predicted octanol–water partition coefficient (Wildman–Crippen LogP) is 3.03. The second kappa shape index (κ2) is 8.41. The normalized spacial score (nSPS) is 17.0. The molecule has 27 heavy (non-hydrogen) atoms. The maximum atomic E-state index is 12.8. The summed E-state index contributed by atoms with van der Waals surface area (Å²) in [6.07, 6.45) is 2.18. The number of hydrogen-bond donors (Lipinski definition) is 1. The van der Waals surface area contributed by atoms with Gasteiger partial charge in [-0.3, -0.25) is 4.57 Å². The van der Waals surface area contributed by atoms with Gasteiger partial charge in [-0.2, -0.15) is 5.10 Å². The van der Waals surface area contributed by atoms with Crippen LogP contribution in [-0.4, -0.2) is 32.4 Å². The van der Waals surface area contributed by atoms with Crippen LogP contribution in [0.25, 0.3) is 10.8 Å². The summed E-state index contributed by atoms with van der Waals surface area (Å²) < 4.78 is 9.10. The van der Waals surface area contributed by atoms with Crippen LogP contribution in [0.4, 0.5) is 0 Å². The topological polar surface area (TPSA) is 77.9 Å². The zero-order valence-electron chi connectivity index (χ0n) is 15.5. The Morgan fingerprint density at radius 2 is 2.30 bits per heavy atom. The largest absolute Gasteiger partial charge is 0.440 e. The second-order valence-electron chi connectivity index (χ2n) is 6.59. The highest BCUT2D eigenvalue weighted by atomic mass is 35.5. The standard InChI is InChI=1S/C18H23N5O2S.ClH/c1-3-22-16(13-6-4-8-19-10-13)21-23(18(22)24)11-14-12(2)25-17(20-14)15-7-5-9-26-15;/h5,7,9,13,19H,3-4,6,8,10-11H2,1-2H3;1H. The van der Waals surface area contributed by atoms with Gasteiger partial charge in [0, 0.05) is 19.0 Å². The summed E-state index contributed by atoms with van der Waals surface area (Å²) in [6.45, 7) is 6.75. The van der Waals surface area contributed by atoms with Gasteiger partial charge in [0.2, 0.25) is 5.89 Å². The monoisotopic (exact) mass is 409 g/mol. The van der Waals surface area contributed by atoms with Crippen LogP contribution in [0.5, 0.6) is 0 Å². The second-order valence-corrected chi connectivity index (χ2v) is 7.53. The van der Waals surface area contributed by atoms with Crippen molar-refractivity contribution in [3.05, 3.63) is 45.3 Å². The Hall–Kier alpha value is -1.90. The third-order valence-corrected chi connectivity index (χ3v) is 5.71. The smallest absolute Gasteiger partial charge is 0.346 e. The summed E-state index contributed by atoms with van der Waals surface area (Å²) in [7, 11) is 0. The van der Waals surface area contributed by atoms with Gasteiger partial charge < -0.3 is 9.73 Å². The fourth-order valence-corrected chi connectivity index (χ4v) is 4.10. The van der Waals surface area contributed by atoms with Crippen LogP contribution in [0.15, 0.2) is 26.7 Å². The molecule has 0 bridgehead atoms. The first-order valence-electron chi connectivity index (χ1n) is 9.05. The van der Waals surface area contributed by atoms with E-state index in [1.807, 2.05) is 31.4 Å². The minimum absolute atomic E-state index is 0. The van der Waals surface area contributed by atoms with E-state index >= 15 is 0 Å². The minimum Gasteiger partial charge on any atom is -0.440 e. The molecule has 4 heterocycles. The van der Waals surface area contributed by atoms with E-state index in [0.717, 1.165) is 48.1 Å². The molecular formula is C18H24ClN5O2S. The number of aryl methyl sites for hydroxylation is 1. The van der Waals surface area contributed by atoms with E-state index in [0.29, 0.717) is 19.0 Å². The number of oxazole rings is 1. The zero-order valence-corrected chi connectivity index (χ0v) is 17.1. The van der Waals surface area contributed by atoms with Crippen molar-refractivity contribution >= 4 is 23.7 Å².